The van der Waals surface area contributed by atoms with Crippen LogP contribution in [0, 0.1) is 0 Å². The average molecular weight is 478 g/mol. The van der Waals surface area contributed by atoms with E-state index in [1.807, 2.05) is 42.2 Å². The number of H-pyrrole nitrogens is 1. The van der Waals surface area contributed by atoms with Crippen LogP contribution < -0.4 is 9.47 Å². The first-order valence-electron chi connectivity index (χ1n) is 12.3. The Balaban J connectivity index is 1.62. The van der Waals surface area contributed by atoms with Crippen LogP contribution in [0.2, 0.25) is 0 Å². The molecule has 1 fully saturated rings. The fourth-order valence-electron chi connectivity index (χ4n) is 4.91. The zero-order valence-electron chi connectivity index (χ0n) is 20.1. The van der Waals surface area contributed by atoms with Crippen LogP contribution >= 0.6 is 0 Å². The van der Waals surface area contributed by atoms with Crippen molar-refractivity contribution in [1.82, 2.24) is 15.1 Å². The van der Waals surface area contributed by atoms with Crippen LogP contribution in [0.1, 0.15) is 60.8 Å². The molecule has 0 spiro atoms. The van der Waals surface area contributed by atoms with E-state index in [0.29, 0.717) is 54.8 Å². The van der Waals surface area contributed by atoms with Gasteiger partial charge in [-0.2, -0.15) is 5.10 Å². The molecule has 2 aromatic carbocycles. The number of benzene rings is 2. The molecule has 0 bridgehead atoms. The van der Waals surface area contributed by atoms with Gasteiger partial charge in [0.15, 0.2) is 11.5 Å². The van der Waals surface area contributed by atoms with E-state index >= 15 is 0 Å². The lowest BCUT2D eigenvalue weighted by Crippen LogP contribution is -2.36. The summed E-state index contributed by atoms with van der Waals surface area (Å²) in [5.74, 6) is 1.31. The molecule has 0 aliphatic carbocycles. The highest BCUT2D eigenvalue weighted by Gasteiger charge is 2.44. The Labute approximate surface area is 204 Å². The van der Waals surface area contributed by atoms with Crippen molar-refractivity contribution in [3.05, 3.63) is 59.3 Å². The lowest BCUT2D eigenvalue weighted by molar-refractivity contribution is 0.0495. The van der Waals surface area contributed by atoms with Crippen molar-refractivity contribution in [1.29, 1.82) is 0 Å². The third-order valence-corrected chi connectivity index (χ3v) is 6.49. The van der Waals surface area contributed by atoms with E-state index in [1.165, 1.54) is 0 Å². The summed E-state index contributed by atoms with van der Waals surface area (Å²) in [5, 5.41) is 18.0. The molecule has 184 valence electrons. The molecular formula is C27H31N3O5. The van der Waals surface area contributed by atoms with Gasteiger partial charge in [0.2, 0.25) is 0 Å². The van der Waals surface area contributed by atoms with Crippen LogP contribution in [0.15, 0.2) is 42.5 Å². The molecule has 1 saturated heterocycles. The zero-order chi connectivity index (χ0) is 24.4. The highest BCUT2D eigenvalue weighted by Crippen LogP contribution is 2.46. The monoisotopic (exact) mass is 477 g/mol. The fraction of sp³-hybridized carbons (Fsp3) is 0.407. The van der Waals surface area contributed by atoms with Gasteiger partial charge in [-0.1, -0.05) is 25.1 Å². The Bertz CT molecular complexity index is 1200. The van der Waals surface area contributed by atoms with Gasteiger partial charge < -0.3 is 24.2 Å². The molecule has 2 atom stereocenters. The molecule has 0 saturated carbocycles. The van der Waals surface area contributed by atoms with Crippen LogP contribution in [0.3, 0.4) is 0 Å². The van der Waals surface area contributed by atoms with Crippen molar-refractivity contribution in [2.45, 2.75) is 45.3 Å². The number of rotatable bonds is 9. The Morgan fingerprint density at radius 3 is 2.77 bits per heavy atom. The minimum absolute atomic E-state index is 0.00878. The van der Waals surface area contributed by atoms with E-state index in [-0.39, 0.29) is 17.8 Å². The van der Waals surface area contributed by atoms with E-state index in [9.17, 15) is 9.90 Å². The van der Waals surface area contributed by atoms with E-state index < -0.39 is 6.04 Å². The molecular weight excluding hydrogens is 446 g/mol. The van der Waals surface area contributed by atoms with Gasteiger partial charge >= 0.3 is 0 Å². The maximum Gasteiger partial charge on any atom is 0.273 e. The summed E-state index contributed by atoms with van der Waals surface area (Å²) in [5.41, 5.74) is 3.22. The Hall–Kier alpha value is -3.52. The molecule has 5 rings (SSSR count). The topological polar surface area (TPSA) is 96.9 Å². The first kappa shape index (κ1) is 23.2. The van der Waals surface area contributed by atoms with Crippen molar-refractivity contribution in [2.75, 3.05) is 26.4 Å². The standard InChI is InChI=1S/C27H31N3O5/c1-3-13-35-21-12-11-17(15-22(21)33-4-2)26-23-24(19-9-5-6-10-20(19)31)28-29-25(23)27(32)30(26)16-18-8-7-14-34-18/h5-6,9-12,15,18,26,31H,3-4,7-8,13-14,16H2,1-2H3,(H,28,29)/t18-,26-/m0/s1. The van der Waals surface area contributed by atoms with Gasteiger partial charge in [0.25, 0.3) is 5.91 Å². The normalized spacial score (nSPS) is 19.3. The number of fused-ring (bicyclic) bond motifs is 1. The number of aromatic amines is 1. The Morgan fingerprint density at radius 1 is 1.17 bits per heavy atom. The molecule has 2 aliphatic rings. The summed E-state index contributed by atoms with van der Waals surface area (Å²) in [4.78, 5) is 15.4. The second-order valence-corrected chi connectivity index (χ2v) is 8.86. The SMILES string of the molecule is CCCOc1ccc([C@H]2c3c(-c4ccccc4O)n[nH]c3C(=O)N2C[C@@H]2CCCO2)cc1OCC. The highest BCUT2D eigenvalue weighted by atomic mass is 16.5. The minimum Gasteiger partial charge on any atom is -0.507 e. The Morgan fingerprint density at radius 2 is 2.03 bits per heavy atom. The Kier molecular flexibility index (Phi) is 6.63. The quantitative estimate of drug-likeness (QED) is 0.464. The van der Waals surface area contributed by atoms with Crippen molar-refractivity contribution >= 4 is 5.91 Å². The molecule has 0 radical (unpaired) electrons. The van der Waals surface area contributed by atoms with Crippen LogP contribution in [-0.2, 0) is 4.74 Å². The molecule has 2 aliphatic heterocycles. The molecule has 1 amide bonds. The predicted octanol–water partition coefficient (Wildman–Crippen LogP) is 4.69. The molecule has 0 unspecified atom stereocenters. The number of nitrogens with one attached hydrogen (secondary N) is 1. The third kappa shape index (κ3) is 4.34. The molecule has 3 heterocycles. The van der Waals surface area contributed by atoms with E-state index in [1.54, 1.807) is 12.1 Å². The van der Waals surface area contributed by atoms with Crippen molar-refractivity contribution in [3.8, 4) is 28.5 Å². The van der Waals surface area contributed by atoms with Crippen molar-refractivity contribution < 1.29 is 24.1 Å². The van der Waals surface area contributed by atoms with E-state index in [2.05, 4.69) is 17.1 Å². The summed E-state index contributed by atoms with van der Waals surface area (Å²) in [7, 11) is 0. The molecule has 2 N–H and O–H groups in total. The first-order chi connectivity index (χ1) is 17.1. The molecule has 1 aromatic heterocycles. The van der Waals surface area contributed by atoms with E-state index in [0.717, 1.165) is 30.4 Å². The number of ether oxygens (including phenoxy) is 3. The fourth-order valence-corrected chi connectivity index (χ4v) is 4.91. The third-order valence-electron chi connectivity index (χ3n) is 6.49. The first-order valence-corrected chi connectivity index (χ1v) is 12.3. The maximum absolute atomic E-state index is 13.6. The molecule has 8 heteroatoms. The van der Waals surface area contributed by atoms with Crippen molar-refractivity contribution in [2.24, 2.45) is 0 Å². The number of amides is 1. The van der Waals surface area contributed by atoms with Gasteiger partial charge in [0.1, 0.15) is 17.1 Å². The summed E-state index contributed by atoms with van der Waals surface area (Å²) >= 11 is 0. The van der Waals surface area contributed by atoms with Gasteiger partial charge in [-0.15, -0.1) is 0 Å². The summed E-state index contributed by atoms with van der Waals surface area (Å²) in [6.45, 7) is 6.27. The number of carbonyl (C=O) groups excluding carboxylic acids is 1. The molecule has 8 nitrogen and oxygen atoms in total. The number of hydrogen-bond acceptors (Lipinski definition) is 6. The zero-order valence-corrected chi connectivity index (χ0v) is 20.1. The van der Waals surface area contributed by atoms with Crippen LogP contribution in [0.4, 0.5) is 0 Å². The number of aromatic hydroxyl groups is 1. The van der Waals surface area contributed by atoms with Crippen LogP contribution in [-0.4, -0.2) is 58.6 Å². The number of nitrogens with zero attached hydrogens (tertiary/aromatic N) is 2. The smallest absolute Gasteiger partial charge is 0.273 e. The maximum atomic E-state index is 13.6. The summed E-state index contributed by atoms with van der Waals surface area (Å²) in [6.07, 6.45) is 2.79. The number of aromatic nitrogens is 2. The van der Waals surface area contributed by atoms with Crippen molar-refractivity contribution in [3.63, 3.8) is 0 Å². The minimum atomic E-state index is -0.408. The summed E-state index contributed by atoms with van der Waals surface area (Å²) < 4.78 is 17.7. The van der Waals surface area contributed by atoms with Gasteiger partial charge in [0.05, 0.1) is 25.4 Å². The highest BCUT2D eigenvalue weighted by molar-refractivity contribution is 6.00. The van der Waals surface area contributed by atoms with Crippen LogP contribution in [0.25, 0.3) is 11.3 Å². The lowest BCUT2D eigenvalue weighted by Gasteiger charge is -2.29. The van der Waals surface area contributed by atoms with Gasteiger partial charge in [-0.3, -0.25) is 9.89 Å². The second kappa shape index (κ2) is 10.00. The largest absolute Gasteiger partial charge is 0.507 e. The second-order valence-electron chi connectivity index (χ2n) is 8.86. The number of carbonyl (C=O) groups is 1. The number of phenols is 1. The average Bonchev–Trinajstić information content (AvgIpc) is 3.59. The predicted molar refractivity (Wildman–Crippen MR) is 131 cm³/mol. The lowest BCUT2D eigenvalue weighted by atomic mass is 9.95. The molecule has 35 heavy (non-hydrogen) atoms. The molecule has 3 aromatic rings. The number of hydrogen-bond donors (Lipinski definition) is 2. The van der Waals surface area contributed by atoms with Gasteiger partial charge in [-0.05, 0) is 56.0 Å². The van der Waals surface area contributed by atoms with Gasteiger partial charge in [0, 0.05) is 24.3 Å². The number of para-hydroxylation sites is 1. The van der Waals surface area contributed by atoms with Crippen LogP contribution in [0.5, 0.6) is 17.2 Å². The van der Waals surface area contributed by atoms with Gasteiger partial charge in [-0.25, -0.2) is 0 Å². The van der Waals surface area contributed by atoms with E-state index in [4.69, 9.17) is 14.2 Å². The number of phenolic OH excluding ortho intramolecular Hbond substituents is 1. The summed E-state index contributed by atoms with van der Waals surface area (Å²) in [6, 6.07) is 12.5.